The fraction of sp³-hybridized carbons (Fsp3) is 0.143. The molecule has 0 radical (unpaired) electrons. The molecular formula is C14H13NO3. The maximum Gasteiger partial charge on any atom is 0.307 e. The van der Waals surface area contributed by atoms with Crippen molar-refractivity contribution in [1.82, 2.24) is 4.98 Å². The third-order valence-electron chi connectivity index (χ3n) is 2.59. The van der Waals surface area contributed by atoms with Gasteiger partial charge in [0.05, 0.1) is 6.42 Å². The third-order valence-corrected chi connectivity index (χ3v) is 2.59. The minimum atomic E-state index is -0.875. The van der Waals surface area contributed by atoms with Crippen LogP contribution in [0, 0.1) is 6.92 Å². The molecule has 18 heavy (non-hydrogen) atoms. The summed E-state index contributed by atoms with van der Waals surface area (Å²) in [5, 5.41) is 9.14. The predicted molar refractivity (Wildman–Crippen MR) is 70.6 cm³/mol. The van der Waals surface area contributed by atoms with Crippen molar-refractivity contribution in [2.75, 3.05) is 0 Å². The molecule has 0 saturated heterocycles. The van der Waals surface area contributed by atoms with Gasteiger partial charge in [-0.15, -0.1) is 0 Å². The number of pyridine rings is 1. The first-order chi connectivity index (χ1) is 8.56. The van der Waals surface area contributed by atoms with Crippen LogP contribution in [0.5, 0.6) is 0 Å². The molecule has 1 aromatic heterocycles. The second-order valence-corrected chi connectivity index (χ2v) is 4.12. The van der Waals surface area contributed by atoms with Gasteiger partial charge < -0.3 is 10.1 Å². The zero-order valence-corrected chi connectivity index (χ0v) is 9.93. The Labute approximate surface area is 104 Å². The van der Waals surface area contributed by atoms with Crippen molar-refractivity contribution >= 4 is 22.9 Å². The Bertz CT molecular complexity index is 683. The largest absolute Gasteiger partial charge is 0.481 e. The van der Waals surface area contributed by atoms with Gasteiger partial charge in [0.15, 0.2) is 5.43 Å². The molecule has 92 valence electrons. The zero-order chi connectivity index (χ0) is 13.1. The van der Waals surface area contributed by atoms with Crippen molar-refractivity contribution in [3.8, 4) is 0 Å². The van der Waals surface area contributed by atoms with Gasteiger partial charge in [-0.05, 0) is 24.6 Å². The van der Waals surface area contributed by atoms with E-state index < -0.39 is 5.97 Å². The van der Waals surface area contributed by atoms with E-state index in [1.165, 1.54) is 0 Å². The van der Waals surface area contributed by atoms with Gasteiger partial charge in [0.1, 0.15) is 0 Å². The van der Waals surface area contributed by atoms with Crippen molar-refractivity contribution in [3.63, 3.8) is 0 Å². The third kappa shape index (κ3) is 2.66. The molecule has 0 aliphatic heterocycles. The van der Waals surface area contributed by atoms with Gasteiger partial charge in [0.2, 0.25) is 0 Å². The van der Waals surface area contributed by atoms with E-state index >= 15 is 0 Å². The van der Waals surface area contributed by atoms with Crippen molar-refractivity contribution in [3.05, 3.63) is 51.8 Å². The molecule has 0 fully saturated rings. The van der Waals surface area contributed by atoms with Crippen LogP contribution in [0.1, 0.15) is 17.7 Å². The summed E-state index contributed by atoms with van der Waals surface area (Å²) in [6.45, 7) is 1.83. The minimum Gasteiger partial charge on any atom is -0.481 e. The van der Waals surface area contributed by atoms with E-state index in [4.69, 9.17) is 5.11 Å². The summed E-state index contributed by atoms with van der Waals surface area (Å²) in [5.41, 5.74) is 2.39. The normalized spacial score (nSPS) is 11.2. The predicted octanol–water partition coefficient (Wildman–Crippen LogP) is 2.32. The molecule has 4 nitrogen and oxygen atoms in total. The highest BCUT2D eigenvalue weighted by molar-refractivity contribution is 5.81. The SMILES string of the molecule is Cc1cc(=O)c2cc(C=CCC(=O)O)ccc2[nH]1. The van der Waals surface area contributed by atoms with Crippen LogP contribution in [0.25, 0.3) is 17.0 Å². The lowest BCUT2D eigenvalue weighted by Gasteiger charge is -2.01. The van der Waals surface area contributed by atoms with E-state index in [9.17, 15) is 9.59 Å². The Hall–Kier alpha value is -2.36. The number of H-pyrrole nitrogens is 1. The molecule has 4 heteroatoms. The van der Waals surface area contributed by atoms with E-state index in [1.807, 2.05) is 19.1 Å². The van der Waals surface area contributed by atoms with Gasteiger partial charge in [-0.2, -0.15) is 0 Å². The lowest BCUT2D eigenvalue weighted by molar-refractivity contribution is -0.135. The van der Waals surface area contributed by atoms with Gasteiger partial charge in [-0.25, -0.2) is 0 Å². The first-order valence-electron chi connectivity index (χ1n) is 5.58. The van der Waals surface area contributed by atoms with Crippen LogP contribution in [-0.4, -0.2) is 16.1 Å². The number of aromatic amines is 1. The number of carboxylic acid groups (broad SMARTS) is 1. The number of aliphatic carboxylic acids is 1. The second kappa shape index (κ2) is 4.87. The maximum absolute atomic E-state index is 11.8. The fourth-order valence-electron chi connectivity index (χ4n) is 1.80. The second-order valence-electron chi connectivity index (χ2n) is 4.12. The van der Waals surface area contributed by atoms with Crippen molar-refractivity contribution in [1.29, 1.82) is 0 Å². The molecule has 2 aromatic rings. The van der Waals surface area contributed by atoms with Crippen LogP contribution in [0.3, 0.4) is 0 Å². The van der Waals surface area contributed by atoms with E-state index in [0.29, 0.717) is 5.39 Å². The minimum absolute atomic E-state index is 0.0255. The van der Waals surface area contributed by atoms with Crippen LogP contribution in [0.15, 0.2) is 35.1 Å². The molecule has 0 unspecified atom stereocenters. The summed E-state index contributed by atoms with van der Waals surface area (Å²) < 4.78 is 0. The van der Waals surface area contributed by atoms with Crippen LogP contribution in [0.2, 0.25) is 0 Å². The molecule has 0 spiro atoms. The average Bonchev–Trinajstić information content (AvgIpc) is 2.29. The number of aryl methyl sites for hydroxylation is 1. The monoisotopic (exact) mass is 243 g/mol. The number of hydrogen-bond acceptors (Lipinski definition) is 2. The molecule has 0 saturated carbocycles. The highest BCUT2D eigenvalue weighted by Gasteiger charge is 2.00. The Morgan fingerprint density at radius 3 is 2.89 bits per heavy atom. The lowest BCUT2D eigenvalue weighted by Crippen LogP contribution is -2.02. The van der Waals surface area contributed by atoms with E-state index in [1.54, 1.807) is 24.3 Å². The Kier molecular flexibility index (Phi) is 3.28. The number of fused-ring (bicyclic) bond motifs is 1. The molecule has 2 rings (SSSR count). The summed E-state index contributed by atoms with van der Waals surface area (Å²) in [5.74, 6) is -0.875. The first-order valence-corrected chi connectivity index (χ1v) is 5.58. The number of carbonyl (C=O) groups is 1. The summed E-state index contributed by atoms with van der Waals surface area (Å²) in [4.78, 5) is 25.3. The summed E-state index contributed by atoms with van der Waals surface area (Å²) in [7, 11) is 0. The Morgan fingerprint density at radius 2 is 2.17 bits per heavy atom. The Balaban J connectivity index is 2.41. The van der Waals surface area contributed by atoms with Crippen molar-refractivity contribution < 1.29 is 9.90 Å². The molecule has 2 N–H and O–H groups in total. The van der Waals surface area contributed by atoms with E-state index in [0.717, 1.165) is 16.8 Å². The van der Waals surface area contributed by atoms with Gasteiger partial charge in [0, 0.05) is 22.7 Å². The average molecular weight is 243 g/mol. The summed E-state index contributed by atoms with van der Waals surface area (Å²) >= 11 is 0. The number of carboxylic acids is 1. The topological polar surface area (TPSA) is 70.2 Å². The van der Waals surface area contributed by atoms with Gasteiger partial charge in [-0.1, -0.05) is 18.2 Å². The van der Waals surface area contributed by atoms with Crippen molar-refractivity contribution in [2.24, 2.45) is 0 Å². The number of benzene rings is 1. The van der Waals surface area contributed by atoms with Crippen molar-refractivity contribution in [2.45, 2.75) is 13.3 Å². The standard InChI is InChI=1S/C14H13NO3/c1-9-7-13(16)11-8-10(3-2-4-14(17)18)5-6-12(11)15-9/h2-3,5-8H,4H2,1H3,(H,15,16)(H,17,18). The van der Waals surface area contributed by atoms with Gasteiger partial charge >= 0.3 is 5.97 Å². The van der Waals surface area contributed by atoms with E-state index in [2.05, 4.69) is 4.98 Å². The maximum atomic E-state index is 11.8. The van der Waals surface area contributed by atoms with Crippen LogP contribution in [0.4, 0.5) is 0 Å². The fourth-order valence-corrected chi connectivity index (χ4v) is 1.80. The highest BCUT2D eigenvalue weighted by Crippen LogP contribution is 2.12. The molecule has 0 atom stereocenters. The Morgan fingerprint density at radius 1 is 1.39 bits per heavy atom. The molecule has 0 aliphatic carbocycles. The van der Waals surface area contributed by atoms with Crippen LogP contribution in [-0.2, 0) is 4.79 Å². The highest BCUT2D eigenvalue weighted by atomic mass is 16.4. The van der Waals surface area contributed by atoms with Gasteiger partial charge in [0.25, 0.3) is 0 Å². The van der Waals surface area contributed by atoms with Crippen LogP contribution >= 0.6 is 0 Å². The molecule has 1 aromatic carbocycles. The molecule has 0 amide bonds. The molecule has 1 heterocycles. The molecular weight excluding hydrogens is 230 g/mol. The number of hydrogen-bond donors (Lipinski definition) is 2. The summed E-state index contributed by atoms with van der Waals surface area (Å²) in [6.07, 6.45) is 3.24. The van der Waals surface area contributed by atoms with Crippen LogP contribution < -0.4 is 5.43 Å². The quantitative estimate of drug-likeness (QED) is 0.869. The lowest BCUT2D eigenvalue weighted by atomic mass is 10.1. The zero-order valence-electron chi connectivity index (χ0n) is 9.93. The molecule has 0 aliphatic rings. The molecule has 0 bridgehead atoms. The number of nitrogens with one attached hydrogen (secondary N) is 1. The van der Waals surface area contributed by atoms with Gasteiger partial charge in [-0.3, -0.25) is 9.59 Å². The smallest absolute Gasteiger partial charge is 0.307 e. The number of aromatic nitrogens is 1. The first kappa shape index (κ1) is 12.1. The van der Waals surface area contributed by atoms with E-state index in [-0.39, 0.29) is 11.8 Å². The summed E-state index contributed by atoms with van der Waals surface area (Å²) in [6, 6.07) is 6.97. The number of rotatable bonds is 3.